The van der Waals surface area contributed by atoms with Gasteiger partial charge in [-0.2, -0.15) is 0 Å². The van der Waals surface area contributed by atoms with Crippen LogP contribution in [0.5, 0.6) is 5.75 Å². The van der Waals surface area contributed by atoms with Crippen LogP contribution in [0.1, 0.15) is 0 Å². The van der Waals surface area contributed by atoms with E-state index in [0.29, 0.717) is 17.1 Å². The number of hydrogen-bond acceptors (Lipinski definition) is 4. The van der Waals surface area contributed by atoms with E-state index in [1.807, 2.05) is 0 Å². The van der Waals surface area contributed by atoms with Gasteiger partial charge in [0, 0.05) is 5.69 Å². The Morgan fingerprint density at radius 1 is 1.10 bits per heavy atom. The molecule has 21 heavy (non-hydrogen) atoms. The van der Waals surface area contributed by atoms with Crippen LogP contribution in [0.3, 0.4) is 0 Å². The van der Waals surface area contributed by atoms with Gasteiger partial charge in [-0.25, -0.2) is 8.42 Å². The lowest BCUT2D eigenvalue weighted by atomic mass is 10.3. The van der Waals surface area contributed by atoms with Crippen LogP contribution in [-0.2, 0) is 10.0 Å². The van der Waals surface area contributed by atoms with Gasteiger partial charge in [0.25, 0.3) is 10.0 Å². The van der Waals surface area contributed by atoms with E-state index in [0.717, 1.165) is 0 Å². The number of halogens is 2. The number of benzene rings is 2. The van der Waals surface area contributed by atoms with Gasteiger partial charge in [-0.15, -0.1) is 0 Å². The van der Waals surface area contributed by atoms with E-state index in [1.54, 1.807) is 6.07 Å². The highest BCUT2D eigenvalue weighted by molar-refractivity contribution is 7.92. The minimum Gasteiger partial charge on any atom is -0.495 e. The molecule has 5 nitrogen and oxygen atoms in total. The van der Waals surface area contributed by atoms with Gasteiger partial charge in [-0.1, -0.05) is 23.2 Å². The highest BCUT2D eigenvalue weighted by Gasteiger charge is 2.19. The molecule has 0 amide bonds. The molecule has 3 N–H and O–H groups in total. The van der Waals surface area contributed by atoms with Crippen molar-refractivity contribution >= 4 is 44.6 Å². The first-order valence-corrected chi connectivity index (χ1v) is 7.99. The molecule has 0 aromatic heterocycles. The number of methoxy groups -OCH3 is 1. The van der Waals surface area contributed by atoms with Gasteiger partial charge in [0.05, 0.1) is 22.8 Å². The van der Waals surface area contributed by atoms with Gasteiger partial charge in [-0.05, 0) is 36.4 Å². The van der Waals surface area contributed by atoms with Gasteiger partial charge in [0.15, 0.2) is 0 Å². The molecule has 8 heteroatoms. The largest absolute Gasteiger partial charge is 0.495 e. The highest BCUT2D eigenvalue weighted by Crippen LogP contribution is 2.30. The van der Waals surface area contributed by atoms with Crippen LogP contribution in [0.4, 0.5) is 11.4 Å². The van der Waals surface area contributed by atoms with E-state index in [1.165, 1.54) is 37.4 Å². The van der Waals surface area contributed by atoms with Crippen molar-refractivity contribution in [2.45, 2.75) is 4.90 Å². The van der Waals surface area contributed by atoms with Gasteiger partial charge in [0.2, 0.25) is 0 Å². The molecular formula is C13H12Cl2N2O3S. The molecule has 0 heterocycles. The van der Waals surface area contributed by atoms with Crippen LogP contribution < -0.4 is 15.2 Å². The van der Waals surface area contributed by atoms with Crippen molar-refractivity contribution in [1.82, 2.24) is 0 Å². The summed E-state index contributed by atoms with van der Waals surface area (Å²) in [5, 5.41) is 0.368. The Morgan fingerprint density at radius 2 is 1.81 bits per heavy atom. The summed E-state index contributed by atoms with van der Waals surface area (Å²) < 4.78 is 32.0. The zero-order valence-electron chi connectivity index (χ0n) is 10.9. The summed E-state index contributed by atoms with van der Waals surface area (Å²) in [5.74, 6) is 0.446. The van der Waals surface area contributed by atoms with Gasteiger partial charge in [0.1, 0.15) is 10.6 Å². The number of ether oxygens (including phenoxy) is 1. The summed E-state index contributed by atoms with van der Waals surface area (Å²) in [5.41, 5.74) is 6.18. The molecule has 0 atom stereocenters. The Morgan fingerprint density at radius 3 is 2.43 bits per heavy atom. The second-order valence-electron chi connectivity index (χ2n) is 4.14. The number of nitrogens with two attached hydrogens (primary N) is 1. The molecule has 0 radical (unpaired) electrons. The predicted octanol–water partition coefficient (Wildman–Crippen LogP) is 3.39. The van der Waals surface area contributed by atoms with Crippen LogP contribution in [0.15, 0.2) is 41.3 Å². The third kappa shape index (κ3) is 3.53. The molecule has 0 fully saturated rings. The van der Waals surface area contributed by atoms with Crippen LogP contribution in [0.25, 0.3) is 0 Å². The van der Waals surface area contributed by atoms with E-state index < -0.39 is 10.0 Å². The summed E-state index contributed by atoms with van der Waals surface area (Å²) in [4.78, 5) is -0.101. The first-order valence-electron chi connectivity index (χ1n) is 5.75. The Hall–Kier alpha value is -1.63. The monoisotopic (exact) mass is 346 g/mol. The van der Waals surface area contributed by atoms with Crippen molar-refractivity contribution in [3.63, 3.8) is 0 Å². The number of anilines is 2. The van der Waals surface area contributed by atoms with Gasteiger partial charge < -0.3 is 10.5 Å². The van der Waals surface area contributed by atoms with Crippen LogP contribution in [0, 0.1) is 0 Å². The van der Waals surface area contributed by atoms with Gasteiger partial charge >= 0.3 is 0 Å². The summed E-state index contributed by atoms with van der Waals surface area (Å²) >= 11 is 11.9. The lowest BCUT2D eigenvalue weighted by Crippen LogP contribution is -2.13. The molecule has 2 rings (SSSR count). The molecule has 2 aromatic carbocycles. The number of nitrogen functional groups attached to an aromatic ring is 1. The first-order chi connectivity index (χ1) is 9.83. The SMILES string of the molecule is COc1ccc(NS(=O)(=O)c2cc(N)ccc2Cl)cc1Cl. The zero-order valence-corrected chi connectivity index (χ0v) is 13.3. The van der Waals surface area contributed by atoms with Crippen LogP contribution in [-0.4, -0.2) is 15.5 Å². The van der Waals surface area contributed by atoms with Crippen LogP contribution >= 0.6 is 23.2 Å². The summed E-state index contributed by atoms with van der Waals surface area (Å²) in [7, 11) is -2.39. The van der Waals surface area contributed by atoms with Crippen molar-refractivity contribution in [3.8, 4) is 5.75 Å². The first kappa shape index (κ1) is 15.8. The van der Waals surface area contributed by atoms with Crippen molar-refractivity contribution in [2.75, 3.05) is 17.6 Å². The van der Waals surface area contributed by atoms with E-state index in [9.17, 15) is 8.42 Å². The third-order valence-electron chi connectivity index (χ3n) is 2.65. The lowest BCUT2D eigenvalue weighted by molar-refractivity contribution is 0.415. The maximum absolute atomic E-state index is 12.3. The van der Waals surface area contributed by atoms with Gasteiger partial charge in [-0.3, -0.25) is 4.72 Å². The fourth-order valence-corrected chi connectivity index (χ4v) is 3.51. The second kappa shape index (κ2) is 6.01. The summed E-state index contributed by atoms with van der Waals surface area (Å²) in [6.45, 7) is 0. The fourth-order valence-electron chi connectivity index (χ4n) is 1.67. The van der Waals surface area contributed by atoms with E-state index in [4.69, 9.17) is 33.7 Å². The van der Waals surface area contributed by atoms with Crippen molar-refractivity contribution in [3.05, 3.63) is 46.4 Å². The molecule has 0 bridgehead atoms. The zero-order chi connectivity index (χ0) is 15.6. The van der Waals surface area contributed by atoms with E-state index in [-0.39, 0.29) is 14.9 Å². The fraction of sp³-hybridized carbons (Fsp3) is 0.0769. The standard InChI is InChI=1S/C13H12Cl2N2O3S/c1-20-12-5-3-9(7-11(12)15)17-21(18,19)13-6-8(16)2-4-10(13)14/h2-7,17H,16H2,1H3. The molecule has 0 spiro atoms. The van der Waals surface area contributed by atoms with E-state index in [2.05, 4.69) is 4.72 Å². The average molecular weight is 347 g/mol. The molecule has 112 valence electrons. The Kier molecular flexibility index (Phi) is 4.51. The minimum atomic E-state index is -3.86. The van der Waals surface area contributed by atoms with Crippen molar-refractivity contribution in [1.29, 1.82) is 0 Å². The van der Waals surface area contributed by atoms with Crippen molar-refractivity contribution < 1.29 is 13.2 Å². The normalized spacial score (nSPS) is 11.2. The number of rotatable bonds is 4. The average Bonchev–Trinajstić information content (AvgIpc) is 2.41. The Balaban J connectivity index is 2.37. The number of sulfonamides is 1. The van der Waals surface area contributed by atoms with Crippen LogP contribution in [0.2, 0.25) is 10.0 Å². The third-order valence-corrected chi connectivity index (χ3v) is 4.81. The quantitative estimate of drug-likeness (QED) is 0.831. The smallest absolute Gasteiger partial charge is 0.263 e. The molecule has 0 unspecified atom stereocenters. The highest BCUT2D eigenvalue weighted by atomic mass is 35.5. The van der Waals surface area contributed by atoms with E-state index >= 15 is 0 Å². The predicted molar refractivity (Wildman–Crippen MR) is 84.7 cm³/mol. The van der Waals surface area contributed by atoms with Crippen molar-refractivity contribution in [2.24, 2.45) is 0 Å². The Bertz CT molecular complexity index is 779. The molecule has 2 aromatic rings. The molecule has 0 aliphatic rings. The topological polar surface area (TPSA) is 81.4 Å². The molecule has 0 aliphatic heterocycles. The lowest BCUT2D eigenvalue weighted by Gasteiger charge is -2.11. The molecular weight excluding hydrogens is 335 g/mol. The maximum Gasteiger partial charge on any atom is 0.263 e. The number of hydrogen-bond donors (Lipinski definition) is 2. The Labute approximate surface area is 132 Å². The number of nitrogens with one attached hydrogen (secondary N) is 1. The molecule has 0 aliphatic carbocycles. The maximum atomic E-state index is 12.3. The minimum absolute atomic E-state index is 0.0799. The summed E-state index contributed by atoms with van der Waals surface area (Å²) in [6, 6.07) is 8.76. The molecule has 0 saturated heterocycles. The second-order valence-corrected chi connectivity index (χ2v) is 6.61. The summed E-state index contributed by atoms with van der Waals surface area (Å²) in [6.07, 6.45) is 0. The molecule has 0 saturated carbocycles.